The Bertz CT molecular complexity index is 2640. The lowest BCUT2D eigenvalue weighted by molar-refractivity contribution is -0.137. The van der Waals surface area contributed by atoms with Gasteiger partial charge in [0, 0.05) is 22.3 Å². The normalized spacial score (nSPS) is 18.8. The molecule has 0 unspecified atom stereocenters. The van der Waals surface area contributed by atoms with E-state index >= 15 is 0 Å². The fourth-order valence-electron chi connectivity index (χ4n) is 10.5. The van der Waals surface area contributed by atoms with E-state index in [-0.39, 0.29) is 43.3 Å². The van der Waals surface area contributed by atoms with Crippen molar-refractivity contribution in [2.45, 2.75) is 229 Å². The SMILES string of the molecule is CC(C)(C)c1ccc(C(O)(c2ccc(C(C)(C)C)cc2C(C)(C)C)C(CO)(CO)CO)c(C(C)(C)C)c1.Cc1cc(C(C)(C)C)c(OP2OCC3(CO2)COP(Oc2c(C(C)(C)C)cc(C)cc2C(C)(C)C)OC3)c(C(C)(C)C)c1.OP(O)OP(O)O. The van der Waals surface area contributed by atoms with Gasteiger partial charge in [-0.25, -0.2) is 4.31 Å². The van der Waals surface area contributed by atoms with Crippen molar-refractivity contribution in [2.75, 3.05) is 46.2 Å². The lowest BCUT2D eigenvalue weighted by atomic mass is 9.60. The zero-order chi connectivity index (χ0) is 66.9. The topological polar surface area (TPSA) is 226 Å². The van der Waals surface area contributed by atoms with E-state index < -0.39 is 70.7 Å². The van der Waals surface area contributed by atoms with Crippen LogP contribution < -0.4 is 9.05 Å². The molecule has 1 spiro atoms. The van der Waals surface area contributed by atoms with E-state index in [1.165, 1.54) is 33.4 Å². The Hall–Kier alpha value is -2.32. The lowest BCUT2D eigenvalue weighted by Gasteiger charge is -2.49. The first kappa shape index (κ1) is 77.1. The summed E-state index contributed by atoms with van der Waals surface area (Å²) in [4.78, 5) is 31.3. The Morgan fingerprint density at radius 1 is 0.391 bits per heavy atom. The smallest absolute Gasteiger partial charge is 0.397 e. The third kappa shape index (κ3) is 19.4. The van der Waals surface area contributed by atoms with Gasteiger partial charge in [-0.3, -0.25) is 0 Å². The Kier molecular flexibility index (Phi) is 25.3. The van der Waals surface area contributed by atoms with Gasteiger partial charge in [0.2, 0.25) is 0 Å². The molecule has 2 aliphatic rings. The molecule has 4 aromatic carbocycles. The van der Waals surface area contributed by atoms with Crippen LogP contribution in [0.15, 0.2) is 60.7 Å². The van der Waals surface area contributed by atoms with Gasteiger partial charge in [0.05, 0.1) is 57.1 Å². The van der Waals surface area contributed by atoms with Crippen molar-refractivity contribution in [3.05, 3.63) is 127 Å². The zero-order valence-corrected chi connectivity index (χ0v) is 61.0. The third-order valence-electron chi connectivity index (χ3n) is 15.9. The van der Waals surface area contributed by atoms with Gasteiger partial charge in [-0.1, -0.05) is 238 Å². The van der Waals surface area contributed by atoms with Gasteiger partial charge in [-0.15, -0.1) is 0 Å². The van der Waals surface area contributed by atoms with Gasteiger partial charge >= 0.3 is 34.4 Å². The van der Waals surface area contributed by atoms with E-state index in [1.54, 1.807) is 0 Å². The van der Waals surface area contributed by atoms with Crippen LogP contribution in [-0.4, -0.2) is 86.2 Å². The average molecular weight is 1290 g/mol. The Morgan fingerprint density at radius 3 is 0.839 bits per heavy atom. The van der Waals surface area contributed by atoms with E-state index in [0.717, 1.165) is 33.8 Å². The highest BCUT2D eigenvalue weighted by atomic mass is 31.2. The summed E-state index contributed by atoms with van der Waals surface area (Å²) < 4.78 is 41.8. The monoisotopic (exact) mass is 1290 g/mol. The molecule has 0 bridgehead atoms. The Labute approximate surface area is 528 Å². The van der Waals surface area contributed by atoms with E-state index in [4.69, 9.17) is 46.7 Å². The second kappa shape index (κ2) is 28.5. The van der Waals surface area contributed by atoms with Crippen LogP contribution in [0.1, 0.15) is 233 Å². The molecule has 4 aromatic rings. The number of rotatable bonds is 12. The fourth-order valence-corrected chi connectivity index (χ4v) is 13.6. The van der Waals surface area contributed by atoms with Crippen LogP contribution in [0.2, 0.25) is 0 Å². The quantitative estimate of drug-likeness (QED) is 0.0618. The minimum atomic E-state index is -2.61. The van der Waals surface area contributed by atoms with Crippen molar-refractivity contribution < 1.29 is 71.5 Å². The van der Waals surface area contributed by atoms with Crippen molar-refractivity contribution in [3.63, 3.8) is 0 Å². The van der Waals surface area contributed by atoms with Crippen LogP contribution in [0.3, 0.4) is 0 Å². The molecule has 19 heteroatoms. The van der Waals surface area contributed by atoms with Gasteiger partial charge < -0.3 is 67.1 Å². The van der Waals surface area contributed by atoms with Gasteiger partial charge in [0.25, 0.3) is 0 Å². The summed E-state index contributed by atoms with van der Waals surface area (Å²) >= 11 is 0. The molecule has 492 valence electrons. The number of aryl methyl sites for hydroxylation is 2. The fraction of sp³-hybridized carbons (Fsp3) is 0.647. The molecule has 87 heavy (non-hydrogen) atoms. The minimum Gasteiger partial charge on any atom is -0.426 e. The van der Waals surface area contributed by atoms with Crippen LogP contribution >= 0.6 is 34.4 Å². The summed E-state index contributed by atoms with van der Waals surface area (Å²) in [5, 5.41) is 45.2. The molecule has 2 saturated heterocycles. The van der Waals surface area contributed by atoms with E-state index in [1.807, 2.05) is 24.3 Å². The van der Waals surface area contributed by atoms with Crippen molar-refractivity contribution in [3.8, 4) is 11.5 Å². The summed E-state index contributed by atoms with van der Waals surface area (Å²) in [7, 11) is -8.34. The van der Waals surface area contributed by atoms with Crippen molar-refractivity contribution in [1.82, 2.24) is 0 Å². The molecule has 0 aromatic heterocycles. The Balaban J connectivity index is 0.000000338. The summed E-state index contributed by atoms with van der Waals surface area (Å²) in [6.07, 6.45) is 0. The minimum absolute atomic E-state index is 0.0902. The largest absolute Gasteiger partial charge is 0.426 e. The number of hydrogen-bond acceptors (Lipinski definition) is 15. The molecule has 2 aliphatic heterocycles. The average Bonchev–Trinajstić information content (AvgIpc) is 0.795. The zero-order valence-electron chi connectivity index (χ0n) is 57.4. The molecule has 2 fully saturated rings. The molecule has 8 N–H and O–H groups in total. The molecule has 0 amide bonds. The van der Waals surface area contributed by atoms with E-state index in [9.17, 15) is 20.4 Å². The predicted molar refractivity (Wildman–Crippen MR) is 357 cm³/mol. The number of aliphatic hydroxyl groups is 4. The highest BCUT2D eigenvalue weighted by Gasteiger charge is 2.55. The van der Waals surface area contributed by atoms with Gasteiger partial charge in [0.1, 0.15) is 17.1 Å². The lowest BCUT2D eigenvalue weighted by Crippen LogP contribution is -2.55. The van der Waals surface area contributed by atoms with Crippen molar-refractivity contribution >= 4 is 34.4 Å². The Morgan fingerprint density at radius 2 is 0.644 bits per heavy atom. The standard InChI is InChI=1S/C35H54O6P2.C33H52O4.H4O5P2/c1-23-15-25(31(3,4)5)29(26(16-23)32(6,7)8)40-42-36-19-35(20-37-42)21-38-43(39-22-35)41-30-27(33(9,10)11)17-24(2)18-28(30)34(12,13)14;1-28(2,3)22-13-15-24(26(17-22)30(7,8)9)33(37,32(19-34,20-35)21-36)25-16-14-23(29(4,5)6)18-27(25)31(10,11)12;1-6(2)5-7(3)4/h15-18H,19-22H2,1-14H3;13-18,34-37H,19-21H2,1-12H3;1-4H. The maximum atomic E-state index is 13.1. The molecule has 6 rings (SSSR count). The van der Waals surface area contributed by atoms with Gasteiger partial charge in [0.15, 0.2) is 0 Å². The second-order valence-electron chi connectivity index (χ2n) is 32.2. The molecule has 0 atom stereocenters. The predicted octanol–water partition coefficient (Wildman–Crippen LogP) is 16.0. The van der Waals surface area contributed by atoms with Crippen LogP contribution in [-0.2, 0) is 71.3 Å². The van der Waals surface area contributed by atoms with Crippen molar-refractivity contribution in [2.24, 2.45) is 10.8 Å². The van der Waals surface area contributed by atoms with E-state index in [2.05, 4.69) is 221 Å². The first-order chi connectivity index (χ1) is 39.3. The highest BCUT2D eigenvalue weighted by molar-refractivity contribution is 7.53. The van der Waals surface area contributed by atoms with Crippen LogP contribution in [0.4, 0.5) is 0 Å². The van der Waals surface area contributed by atoms with Crippen LogP contribution in [0.5, 0.6) is 11.5 Å². The van der Waals surface area contributed by atoms with Crippen LogP contribution in [0.25, 0.3) is 0 Å². The summed E-state index contributed by atoms with van der Waals surface area (Å²) in [6.45, 7) is 56.4. The summed E-state index contributed by atoms with van der Waals surface area (Å²) in [5.41, 5.74) is 7.22. The summed E-state index contributed by atoms with van der Waals surface area (Å²) in [5.74, 6) is 1.76. The first-order valence-electron chi connectivity index (χ1n) is 30.0. The highest BCUT2D eigenvalue weighted by Crippen LogP contribution is 2.57. The van der Waals surface area contributed by atoms with Crippen LogP contribution in [0, 0.1) is 24.7 Å². The van der Waals surface area contributed by atoms with Gasteiger partial charge in [-0.05, 0) is 90.5 Å². The number of aliphatic hydroxyl groups excluding tert-OH is 3. The molecular formula is C68H110O15P4. The summed E-state index contributed by atoms with van der Waals surface area (Å²) in [6, 6.07) is 21.1. The van der Waals surface area contributed by atoms with E-state index in [0.29, 0.717) is 37.6 Å². The van der Waals surface area contributed by atoms with Crippen molar-refractivity contribution in [1.29, 1.82) is 0 Å². The second-order valence-corrected chi connectivity index (χ2v) is 36.1. The molecule has 0 saturated carbocycles. The maximum Gasteiger partial charge on any atom is 0.397 e. The molecule has 0 radical (unpaired) electrons. The molecule has 2 heterocycles. The first-order valence-corrected chi connectivity index (χ1v) is 34.5. The maximum absolute atomic E-state index is 13.1. The number of hydrogen-bond donors (Lipinski definition) is 8. The molecule has 0 aliphatic carbocycles. The molecular weight excluding hydrogens is 1180 g/mol. The third-order valence-corrected chi connectivity index (χ3v) is 19.1. The number of benzene rings is 4. The van der Waals surface area contributed by atoms with Gasteiger partial charge in [-0.2, -0.15) is 0 Å². The molecule has 15 nitrogen and oxygen atoms in total.